The fraction of sp³-hybridized carbons (Fsp3) is 0.500. The molecule has 0 aliphatic carbocycles. The number of esters is 1. The lowest BCUT2D eigenvalue weighted by Crippen LogP contribution is -2.37. The second-order valence-corrected chi connectivity index (χ2v) is 7.60. The van der Waals surface area contributed by atoms with Gasteiger partial charge in [0.25, 0.3) is 0 Å². The summed E-state index contributed by atoms with van der Waals surface area (Å²) < 4.78 is 5.36. The summed E-state index contributed by atoms with van der Waals surface area (Å²) in [7, 11) is 1.89. The lowest BCUT2D eigenvalue weighted by atomic mass is 9.87. The zero-order chi connectivity index (χ0) is 20.7. The number of benzene rings is 1. The van der Waals surface area contributed by atoms with Crippen LogP contribution in [0.25, 0.3) is 0 Å². The van der Waals surface area contributed by atoms with Gasteiger partial charge in [-0.15, -0.1) is 0 Å². The van der Waals surface area contributed by atoms with Crippen LogP contribution in [0.15, 0.2) is 41.3 Å². The van der Waals surface area contributed by atoms with Crippen LogP contribution in [0.5, 0.6) is 0 Å². The molecule has 6 nitrogen and oxygen atoms in total. The third-order valence-electron chi connectivity index (χ3n) is 4.93. The third kappa shape index (κ3) is 5.44. The first kappa shape index (κ1) is 21.7. The van der Waals surface area contributed by atoms with E-state index in [1.807, 2.05) is 44.0 Å². The fourth-order valence-corrected chi connectivity index (χ4v) is 3.30. The Balaban J connectivity index is 2.35. The van der Waals surface area contributed by atoms with Crippen LogP contribution in [0.1, 0.15) is 62.4 Å². The predicted molar refractivity (Wildman–Crippen MR) is 112 cm³/mol. The highest BCUT2D eigenvalue weighted by molar-refractivity contribution is 5.94. The van der Waals surface area contributed by atoms with E-state index >= 15 is 0 Å². The molecule has 0 saturated carbocycles. The number of hydrogen-bond donors (Lipinski definition) is 1. The third-order valence-corrected chi connectivity index (χ3v) is 4.93. The van der Waals surface area contributed by atoms with Crippen molar-refractivity contribution >= 4 is 11.8 Å². The molecule has 0 aliphatic rings. The Morgan fingerprint density at radius 3 is 2.50 bits per heavy atom. The van der Waals surface area contributed by atoms with E-state index in [1.165, 1.54) is 11.8 Å². The number of hydrogen-bond acceptors (Lipinski definition) is 5. The fourth-order valence-electron chi connectivity index (χ4n) is 3.30. The van der Waals surface area contributed by atoms with Crippen molar-refractivity contribution in [1.82, 2.24) is 9.97 Å². The first-order valence-corrected chi connectivity index (χ1v) is 9.89. The standard InChI is InChI=1S/C22H31N3O3/c1-6-10-18(17-11-8-7-9-12-17)16(4)25(5)20-19(13-23-22(27)24-20)21(26)28-14-15(2)3/h7-9,11-13,15-16,18H,6,10,14H2,1-5H3,(H,23,24,27). The average Bonchev–Trinajstić information content (AvgIpc) is 2.69. The van der Waals surface area contributed by atoms with Gasteiger partial charge >= 0.3 is 11.7 Å². The minimum absolute atomic E-state index is 0.0528. The number of nitrogens with zero attached hydrogens (tertiary/aromatic N) is 2. The van der Waals surface area contributed by atoms with Gasteiger partial charge in [0.15, 0.2) is 0 Å². The summed E-state index contributed by atoms with van der Waals surface area (Å²) in [5.74, 6) is 0.454. The van der Waals surface area contributed by atoms with Crippen molar-refractivity contribution in [2.45, 2.75) is 52.5 Å². The van der Waals surface area contributed by atoms with E-state index in [-0.39, 0.29) is 23.4 Å². The number of carbonyl (C=O) groups is 1. The van der Waals surface area contributed by atoms with Crippen molar-refractivity contribution in [3.63, 3.8) is 0 Å². The monoisotopic (exact) mass is 385 g/mol. The molecule has 0 bridgehead atoms. The molecule has 0 spiro atoms. The molecule has 0 aliphatic heterocycles. The minimum Gasteiger partial charge on any atom is -0.462 e. The quantitative estimate of drug-likeness (QED) is 0.661. The van der Waals surface area contributed by atoms with Crippen molar-refractivity contribution < 1.29 is 9.53 Å². The van der Waals surface area contributed by atoms with E-state index < -0.39 is 11.7 Å². The number of aromatic amines is 1. The summed E-state index contributed by atoms with van der Waals surface area (Å²) >= 11 is 0. The summed E-state index contributed by atoms with van der Waals surface area (Å²) in [6.45, 7) is 8.53. The normalized spacial score (nSPS) is 13.2. The molecule has 152 valence electrons. The zero-order valence-electron chi connectivity index (χ0n) is 17.4. The van der Waals surface area contributed by atoms with Crippen LogP contribution in [-0.4, -0.2) is 35.6 Å². The van der Waals surface area contributed by atoms with Crippen LogP contribution >= 0.6 is 0 Å². The van der Waals surface area contributed by atoms with Crippen molar-refractivity contribution in [2.75, 3.05) is 18.6 Å². The van der Waals surface area contributed by atoms with Gasteiger partial charge in [-0.2, -0.15) is 0 Å². The molecule has 28 heavy (non-hydrogen) atoms. The molecule has 0 radical (unpaired) electrons. The molecule has 1 aromatic heterocycles. The predicted octanol–water partition coefficient (Wildman–Crippen LogP) is 3.99. The topological polar surface area (TPSA) is 75.3 Å². The highest BCUT2D eigenvalue weighted by Crippen LogP contribution is 2.30. The second kappa shape index (κ2) is 10.1. The van der Waals surface area contributed by atoms with Crippen molar-refractivity contribution in [2.24, 2.45) is 5.92 Å². The number of carbonyl (C=O) groups excluding carboxylic acids is 1. The number of aromatic nitrogens is 2. The van der Waals surface area contributed by atoms with Gasteiger partial charge in [-0.3, -0.25) is 4.98 Å². The summed E-state index contributed by atoms with van der Waals surface area (Å²) in [6.07, 6.45) is 3.34. The molecule has 1 N–H and O–H groups in total. The van der Waals surface area contributed by atoms with Crippen LogP contribution in [0.4, 0.5) is 5.82 Å². The number of ether oxygens (including phenoxy) is 1. The van der Waals surface area contributed by atoms with Crippen LogP contribution in [0, 0.1) is 5.92 Å². The Kier molecular flexibility index (Phi) is 7.79. The molecule has 2 atom stereocenters. The van der Waals surface area contributed by atoms with E-state index in [1.54, 1.807) is 0 Å². The largest absolute Gasteiger partial charge is 0.462 e. The summed E-state index contributed by atoms with van der Waals surface area (Å²) in [5, 5.41) is 0. The van der Waals surface area contributed by atoms with Gasteiger partial charge < -0.3 is 9.64 Å². The molecule has 2 aromatic rings. The Morgan fingerprint density at radius 2 is 1.89 bits per heavy atom. The molecule has 0 fully saturated rings. The summed E-state index contributed by atoms with van der Waals surface area (Å²) in [4.78, 5) is 32.9. The average molecular weight is 386 g/mol. The Bertz CT molecular complexity index is 817. The van der Waals surface area contributed by atoms with Gasteiger partial charge in [-0.05, 0) is 24.8 Å². The maximum Gasteiger partial charge on any atom is 0.346 e. The van der Waals surface area contributed by atoms with E-state index in [9.17, 15) is 9.59 Å². The highest BCUT2D eigenvalue weighted by Gasteiger charge is 2.26. The summed E-state index contributed by atoms with van der Waals surface area (Å²) in [6, 6.07) is 10.4. The SMILES string of the molecule is CCCC(c1ccccc1)C(C)N(C)c1[nH]c(=O)ncc1C(=O)OCC(C)C. The van der Waals surface area contributed by atoms with Crippen LogP contribution < -0.4 is 10.6 Å². The molecule has 6 heteroatoms. The smallest absolute Gasteiger partial charge is 0.346 e. The molecule has 1 heterocycles. The number of likely N-dealkylation sites (N-methyl/N-ethyl adjacent to an activating group) is 1. The van der Waals surface area contributed by atoms with Crippen molar-refractivity contribution in [3.8, 4) is 0 Å². The van der Waals surface area contributed by atoms with Gasteiger partial charge in [-0.25, -0.2) is 14.6 Å². The molecular weight excluding hydrogens is 354 g/mol. The molecule has 1 aromatic carbocycles. The Hall–Kier alpha value is -2.63. The van der Waals surface area contributed by atoms with Crippen LogP contribution in [-0.2, 0) is 4.74 Å². The van der Waals surface area contributed by atoms with E-state index in [0.717, 1.165) is 12.8 Å². The van der Waals surface area contributed by atoms with E-state index in [4.69, 9.17) is 4.74 Å². The lowest BCUT2D eigenvalue weighted by molar-refractivity contribution is 0.0458. The molecule has 2 rings (SSSR count). The first-order valence-electron chi connectivity index (χ1n) is 9.89. The maximum atomic E-state index is 12.6. The molecule has 2 unspecified atom stereocenters. The van der Waals surface area contributed by atoms with Gasteiger partial charge in [0.05, 0.1) is 12.8 Å². The van der Waals surface area contributed by atoms with Gasteiger partial charge in [0.2, 0.25) is 0 Å². The second-order valence-electron chi connectivity index (χ2n) is 7.60. The summed E-state index contributed by atoms with van der Waals surface area (Å²) in [5.41, 5.74) is 1.03. The Labute approximate surface area is 167 Å². The lowest BCUT2D eigenvalue weighted by Gasteiger charge is -2.34. The van der Waals surface area contributed by atoms with Crippen molar-refractivity contribution in [1.29, 1.82) is 0 Å². The maximum absolute atomic E-state index is 12.6. The van der Waals surface area contributed by atoms with E-state index in [2.05, 4.69) is 35.9 Å². The molecule has 0 saturated heterocycles. The number of anilines is 1. The van der Waals surface area contributed by atoms with Gasteiger partial charge in [-0.1, -0.05) is 57.5 Å². The van der Waals surface area contributed by atoms with Crippen LogP contribution in [0.2, 0.25) is 0 Å². The molecular formula is C22H31N3O3. The van der Waals surface area contributed by atoms with E-state index in [0.29, 0.717) is 12.4 Å². The van der Waals surface area contributed by atoms with Crippen molar-refractivity contribution in [3.05, 3.63) is 58.1 Å². The van der Waals surface area contributed by atoms with Crippen LogP contribution in [0.3, 0.4) is 0 Å². The number of rotatable bonds is 9. The first-order chi connectivity index (χ1) is 13.3. The minimum atomic E-state index is -0.485. The highest BCUT2D eigenvalue weighted by atomic mass is 16.5. The Morgan fingerprint density at radius 1 is 1.21 bits per heavy atom. The van der Waals surface area contributed by atoms with Gasteiger partial charge in [0.1, 0.15) is 11.4 Å². The van der Waals surface area contributed by atoms with Gasteiger partial charge in [0, 0.05) is 19.0 Å². The number of nitrogens with one attached hydrogen (secondary N) is 1. The molecule has 0 amide bonds. The zero-order valence-corrected chi connectivity index (χ0v) is 17.4. The number of H-pyrrole nitrogens is 1.